The fourth-order valence-corrected chi connectivity index (χ4v) is 4.63. The maximum absolute atomic E-state index is 13.3. The molecule has 5 nitrogen and oxygen atoms in total. The second-order valence-corrected chi connectivity index (χ2v) is 8.72. The van der Waals surface area contributed by atoms with E-state index in [1.54, 1.807) is 6.07 Å². The van der Waals surface area contributed by atoms with Crippen LogP contribution in [0.2, 0.25) is 0 Å². The van der Waals surface area contributed by atoms with Gasteiger partial charge in [-0.25, -0.2) is 4.39 Å². The molecule has 0 aromatic carbocycles. The van der Waals surface area contributed by atoms with Gasteiger partial charge in [-0.3, -0.25) is 4.79 Å². The van der Waals surface area contributed by atoms with Crippen molar-refractivity contribution < 1.29 is 13.9 Å². The highest BCUT2D eigenvalue weighted by molar-refractivity contribution is 5.93. The van der Waals surface area contributed by atoms with Crippen LogP contribution in [0.15, 0.2) is 35.1 Å². The first kappa shape index (κ1) is 23.3. The summed E-state index contributed by atoms with van der Waals surface area (Å²) < 4.78 is 19.2. The standard InChI is InChI=1S/C25H36FN3O2/c1-6-22-11-16(3)24(31-22)15-27-20-9-8-10-21(14-20)29(7-2)25(30)23-13-19(12-17(4)26)18(5)28-23/h6,12-13,20-21,27-28H,7-11,14-15H2,1-5H3/b17-12+,22-6+. The Balaban J connectivity index is 1.63. The zero-order chi connectivity index (χ0) is 22.5. The van der Waals surface area contributed by atoms with Gasteiger partial charge < -0.3 is 19.9 Å². The third-order valence-corrected chi connectivity index (χ3v) is 6.37. The molecule has 1 saturated carbocycles. The number of hydrogen-bond donors (Lipinski definition) is 2. The van der Waals surface area contributed by atoms with Gasteiger partial charge in [0.05, 0.1) is 12.4 Å². The first-order chi connectivity index (χ1) is 14.8. The van der Waals surface area contributed by atoms with E-state index in [0.717, 1.165) is 61.4 Å². The molecule has 170 valence electrons. The monoisotopic (exact) mass is 429 g/mol. The first-order valence-electron chi connectivity index (χ1n) is 11.4. The van der Waals surface area contributed by atoms with Gasteiger partial charge in [0.1, 0.15) is 17.2 Å². The van der Waals surface area contributed by atoms with Crippen LogP contribution >= 0.6 is 0 Å². The second kappa shape index (κ2) is 10.3. The Hall–Kier alpha value is -2.34. The molecule has 0 radical (unpaired) electrons. The fraction of sp³-hybridized carbons (Fsp3) is 0.560. The maximum atomic E-state index is 13.3. The zero-order valence-electron chi connectivity index (χ0n) is 19.5. The van der Waals surface area contributed by atoms with Crippen LogP contribution in [0.3, 0.4) is 0 Å². The normalized spacial score (nSPS) is 23.4. The van der Waals surface area contributed by atoms with Crippen molar-refractivity contribution in [1.82, 2.24) is 15.2 Å². The maximum Gasteiger partial charge on any atom is 0.270 e. The van der Waals surface area contributed by atoms with E-state index in [9.17, 15) is 9.18 Å². The van der Waals surface area contributed by atoms with Crippen molar-refractivity contribution in [2.45, 2.75) is 78.8 Å². The van der Waals surface area contributed by atoms with Gasteiger partial charge in [0, 0.05) is 30.7 Å². The fourth-order valence-electron chi connectivity index (χ4n) is 4.63. The van der Waals surface area contributed by atoms with Gasteiger partial charge in [0.15, 0.2) is 0 Å². The highest BCUT2D eigenvalue weighted by atomic mass is 19.1. The Morgan fingerprint density at radius 3 is 2.81 bits per heavy atom. The van der Waals surface area contributed by atoms with E-state index in [4.69, 9.17) is 4.74 Å². The van der Waals surface area contributed by atoms with E-state index in [-0.39, 0.29) is 17.8 Å². The van der Waals surface area contributed by atoms with Crippen molar-refractivity contribution in [1.29, 1.82) is 0 Å². The van der Waals surface area contributed by atoms with E-state index in [1.165, 1.54) is 18.6 Å². The number of H-pyrrole nitrogens is 1. The number of amides is 1. The second-order valence-electron chi connectivity index (χ2n) is 8.72. The molecular weight excluding hydrogens is 393 g/mol. The SMILES string of the molecule is C/C=C1\CC(C)=C(CNC2CCCC(N(CC)C(=O)c3cc(/C=C(\C)F)c(C)[nH]3)C2)O1. The lowest BCUT2D eigenvalue weighted by Crippen LogP contribution is -2.47. The molecule has 3 rings (SSSR count). The molecule has 1 amide bonds. The predicted octanol–water partition coefficient (Wildman–Crippen LogP) is 5.61. The number of nitrogens with one attached hydrogen (secondary N) is 2. The molecule has 1 aliphatic carbocycles. The smallest absolute Gasteiger partial charge is 0.270 e. The summed E-state index contributed by atoms with van der Waals surface area (Å²) in [6, 6.07) is 2.31. The van der Waals surface area contributed by atoms with Crippen molar-refractivity contribution in [3.8, 4) is 0 Å². The van der Waals surface area contributed by atoms with Crippen LogP contribution < -0.4 is 5.32 Å². The van der Waals surface area contributed by atoms with Crippen molar-refractivity contribution in [3.63, 3.8) is 0 Å². The Labute approximate surface area is 185 Å². The summed E-state index contributed by atoms with van der Waals surface area (Å²) in [6.07, 6.45) is 8.51. The molecule has 1 aromatic rings. The number of carbonyl (C=O) groups excluding carboxylic acids is 1. The number of nitrogens with zero attached hydrogens (tertiary/aromatic N) is 1. The predicted molar refractivity (Wildman–Crippen MR) is 123 cm³/mol. The Bertz CT molecular complexity index is 893. The summed E-state index contributed by atoms with van der Waals surface area (Å²) >= 11 is 0. The first-order valence-corrected chi connectivity index (χ1v) is 11.4. The van der Waals surface area contributed by atoms with Crippen LogP contribution in [0.1, 0.15) is 81.5 Å². The Kier molecular flexibility index (Phi) is 7.76. The van der Waals surface area contributed by atoms with E-state index >= 15 is 0 Å². The summed E-state index contributed by atoms with van der Waals surface area (Å²) in [6.45, 7) is 10.8. The van der Waals surface area contributed by atoms with E-state index in [1.807, 2.05) is 31.7 Å². The third-order valence-electron chi connectivity index (χ3n) is 6.37. The van der Waals surface area contributed by atoms with Crippen molar-refractivity contribution in [2.75, 3.05) is 13.1 Å². The number of hydrogen-bond acceptors (Lipinski definition) is 3. The average Bonchev–Trinajstić information content (AvgIpc) is 3.29. The number of aromatic nitrogens is 1. The summed E-state index contributed by atoms with van der Waals surface area (Å²) in [5, 5.41) is 3.66. The average molecular weight is 430 g/mol. The van der Waals surface area contributed by atoms with Crippen LogP contribution in [-0.2, 0) is 4.74 Å². The summed E-state index contributed by atoms with van der Waals surface area (Å²) in [5.41, 5.74) is 3.35. The molecule has 0 saturated heterocycles. The summed E-state index contributed by atoms with van der Waals surface area (Å²) in [4.78, 5) is 18.3. The summed E-state index contributed by atoms with van der Waals surface area (Å²) in [5.74, 6) is 1.77. The highest BCUT2D eigenvalue weighted by Gasteiger charge is 2.30. The van der Waals surface area contributed by atoms with Gasteiger partial charge in [0.2, 0.25) is 0 Å². The lowest BCUT2D eigenvalue weighted by atomic mass is 9.89. The van der Waals surface area contributed by atoms with Gasteiger partial charge in [-0.1, -0.05) is 0 Å². The molecule has 1 aliphatic heterocycles. The van der Waals surface area contributed by atoms with E-state index in [0.29, 0.717) is 18.3 Å². The lowest BCUT2D eigenvalue weighted by Gasteiger charge is -2.37. The number of aromatic amines is 1. The molecule has 2 aliphatic rings. The largest absolute Gasteiger partial charge is 0.465 e. The van der Waals surface area contributed by atoms with Gasteiger partial charge in [0.25, 0.3) is 5.91 Å². The number of carbonyl (C=O) groups is 1. The number of rotatable bonds is 7. The van der Waals surface area contributed by atoms with Crippen LogP contribution in [-0.4, -0.2) is 41.0 Å². The van der Waals surface area contributed by atoms with E-state index < -0.39 is 0 Å². The topological polar surface area (TPSA) is 57.4 Å². The Morgan fingerprint density at radius 1 is 1.39 bits per heavy atom. The summed E-state index contributed by atoms with van der Waals surface area (Å²) in [7, 11) is 0. The molecule has 0 spiro atoms. The highest BCUT2D eigenvalue weighted by Crippen LogP contribution is 2.29. The van der Waals surface area contributed by atoms with Gasteiger partial charge in [-0.15, -0.1) is 0 Å². The minimum absolute atomic E-state index is 0.0113. The van der Waals surface area contributed by atoms with E-state index in [2.05, 4.69) is 17.2 Å². The molecule has 2 N–H and O–H groups in total. The number of allylic oxidation sites excluding steroid dienone is 3. The van der Waals surface area contributed by atoms with Crippen molar-refractivity contribution in [3.05, 3.63) is 52.0 Å². The number of ether oxygens (including phenoxy) is 1. The molecule has 2 heterocycles. The van der Waals surface area contributed by atoms with Crippen LogP contribution in [0, 0.1) is 6.92 Å². The van der Waals surface area contributed by atoms with Gasteiger partial charge >= 0.3 is 0 Å². The van der Waals surface area contributed by atoms with Crippen LogP contribution in [0.25, 0.3) is 6.08 Å². The minimum atomic E-state index is -0.271. The molecule has 0 bridgehead atoms. The quantitative estimate of drug-likeness (QED) is 0.592. The minimum Gasteiger partial charge on any atom is -0.465 e. The molecule has 31 heavy (non-hydrogen) atoms. The number of halogens is 1. The van der Waals surface area contributed by atoms with Crippen LogP contribution in [0.5, 0.6) is 0 Å². The molecular formula is C25H36FN3O2. The van der Waals surface area contributed by atoms with Gasteiger partial charge in [-0.2, -0.15) is 0 Å². The third kappa shape index (κ3) is 5.67. The van der Waals surface area contributed by atoms with Gasteiger partial charge in [-0.05, 0) is 89.7 Å². The zero-order valence-corrected chi connectivity index (χ0v) is 19.5. The van der Waals surface area contributed by atoms with Crippen molar-refractivity contribution >= 4 is 12.0 Å². The molecule has 6 heteroatoms. The Morgan fingerprint density at radius 2 is 2.16 bits per heavy atom. The number of aryl methyl sites for hydroxylation is 1. The molecule has 1 fully saturated rings. The lowest BCUT2D eigenvalue weighted by molar-refractivity contribution is 0.0623. The molecule has 1 aromatic heterocycles. The van der Waals surface area contributed by atoms with Crippen molar-refractivity contribution in [2.24, 2.45) is 0 Å². The molecule has 2 unspecified atom stereocenters. The van der Waals surface area contributed by atoms with Crippen LogP contribution in [0.4, 0.5) is 4.39 Å². The molecule has 2 atom stereocenters.